The zero-order valence-corrected chi connectivity index (χ0v) is 8.87. The van der Waals surface area contributed by atoms with Crippen LogP contribution in [0.3, 0.4) is 0 Å². The fourth-order valence-corrected chi connectivity index (χ4v) is 1.50. The molecule has 0 aliphatic rings. The monoisotopic (exact) mass is 232 g/mol. The van der Waals surface area contributed by atoms with Gasteiger partial charge in [0.15, 0.2) is 0 Å². The van der Waals surface area contributed by atoms with Gasteiger partial charge in [-0.2, -0.15) is 5.26 Å². The number of hydrogen-bond donors (Lipinski definition) is 0. The van der Waals surface area contributed by atoms with Gasteiger partial charge < -0.3 is 0 Å². The molecule has 1 aromatic heterocycles. The molecule has 0 aliphatic heterocycles. The minimum atomic E-state index is -0.302. The Kier molecular flexibility index (Phi) is 2.84. The number of benzene rings is 1. The van der Waals surface area contributed by atoms with E-state index >= 15 is 0 Å². The Hall–Kier alpha value is -1.92. The van der Waals surface area contributed by atoms with E-state index in [1.165, 1.54) is 12.1 Å². The molecule has 2 aromatic rings. The van der Waals surface area contributed by atoms with Crippen LogP contribution in [0.2, 0.25) is 5.15 Å². The highest BCUT2D eigenvalue weighted by Gasteiger charge is 2.04. The van der Waals surface area contributed by atoms with Gasteiger partial charge in [0.1, 0.15) is 17.0 Å². The third-order valence-corrected chi connectivity index (χ3v) is 2.40. The molecular formula is C12H6ClFN2. The summed E-state index contributed by atoms with van der Waals surface area (Å²) in [5.41, 5.74) is 1.70. The van der Waals surface area contributed by atoms with Crippen LogP contribution in [0.4, 0.5) is 4.39 Å². The van der Waals surface area contributed by atoms with E-state index in [1.54, 1.807) is 24.3 Å². The lowest BCUT2D eigenvalue weighted by Crippen LogP contribution is -1.87. The summed E-state index contributed by atoms with van der Waals surface area (Å²) in [4.78, 5) is 4.06. The van der Waals surface area contributed by atoms with Crippen LogP contribution >= 0.6 is 11.6 Å². The van der Waals surface area contributed by atoms with Crippen molar-refractivity contribution in [1.82, 2.24) is 4.98 Å². The van der Waals surface area contributed by atoms with E-state index in [-0.39, 0.29) is 11.0 Å². The highest BCUT2D eigenvalue weighted by molar-refractivity contribution is 6.30. The molecule has 0 spiro atoms. The van der Waals surface area contributed by atoms with Gasteiger partial charge in [-0.3, -0.25) is 0 Å². The molecule has 0 bridgehead atoms. The fraction of sp³-hybridized carbons (Fsp3) is 0. The summed E-state index contributed by atoms with van der Waals surface area (Å²) < 4.78 is 12.7. The number of rotatable bonds is 1. The van der Waals surface area contributed by atoms with Crippen LogP contribution < -0.4 is 0 Å². The summed E-state index contributed by atoms with van der Waals surface area (Å²) in [6, 6.07) is 11.1. The average Bonchev–Trinajstić information content (AvgIpc) is 2.30. The van der Waals surface area contributed by atoms with Gasteiger partial charge in [0, 0.05) is 5.56 Å². The first kappa shape index (κ1) is 10.6. The molecule has 0 unspecified atom stereocenters. The predicted octanol–water partition coefficient (Wildman–Crippen LogP) is 3.41. The number of hydrogen-bond acceptors (Lipinski definition) is 2. The summed E-state index contributed by atoms with van der Waals surface area (Å²) in [6.07, 6.45) is 0. The number of pyridine rings is 1. The van der Waals surface area contributed by atoms with Gasteiger partial charge in [0.05, 0.1) is 11.3 Å². The maximum absolute atomic E-state index is 12.7. The van der Waals surface area contributed by atoms with E-state index < -0.39 is 0 Å². The number of nitriles is 1. The van der Waals surface area contributed by atoms with Gasteiger partial charge >= 0.3 is 0 Å². The van der Waals surface area contributed by atoms with Gasteiger partial charge in [-0.1, -0.05) is 11.6 Å². The van der Waals surface area contributed by atoms with Crippen molar-refractivity contribution in [2.45, 2.75) is 0 Å². The third-order valence-electron chi connectivity index (χ3n) is 2.11. The Bertz CT molecular complexity index is 558. The van der Waals surface area contributed by atoms with Gasteiger partial charge in [0.2, 0.25) is 0 Å². The molecule has 2 nitrogen and oxygen atoms in total. The van der Waals surface area contributed by atoms with Crippen molar-refractivity contribution in [1.29, 1.82) is 5.26 Å². The quantitative estimate of drug-likeness (QED) is 0.707. The van der Waals surface area contributed by atoms with Crippen LogP contribution in [-0.4, -0.2) is 4.98 Å². The number of aromatic nitrogens is 1. The molecule has 16 heavy (non-hydrogen) atoms. The van der Waals surface area contributed by atoms with Crippen LogP contribution in [0, 0.1) is 17.1 Å². The van der Waals surface area contributed by atoms with E-state index in [4.69, 9.17) is 16.9 Å². The van der Waals surface area contributed by atoms with Crippen molar-refractivity contribution in [3.63, 3.8) is 0 Å². The highest BCUT2D eigenvalue weighted by atomic mass is 35.5. The third kappa shape index (κ3) is 2.02. The Labute approximate surface area is 96.9 Å². The summed E-state index contributed by atoms with van der Waals surface area (Å²) in [5, 5.41) is 8.85. The maximum atomic E-state index is 12.7. The maximum Gasteiger partial charge on any atom is 0.147 e. The second-order valence-corrected chi connectivity index (χ2v) is 3.51. The van der Waals surface area contributed by atoms with Crippen molar-refractivity contribution in [2.75, 3.05) is 0 Å². The Morgan fingerprint density at radius 1 is 1.12 bits per heavy atom. The minimum Gasteiger partial charge on any atom is -0.235 e. The van der Waals surface area contributed by atoms with Crippen LogP contribution in [-0.2, 0) is 0 Å². The molecule has 0 radical (unpaired) electrons. The Morgan fingerprint density at radius 3 is 2.38 bits per heavy atom. The molecule has 1 heterocycles. The molecule has 4 heteroatoms. The van der Waals surface area contributed by atoms with Crippen molar-refractivity contribution >= 4 is 11.6 Å². The predicted molar refractivity (Wildman–Crippen MR) is 59.4 cm³/mol. The summed E-state index contributed by atoms with van der Waals surface area (Å²) in [7, 11) is 0. The lowest BCUT2D eigenvalue weighted by Gasteiger charge is -2.01. The molecule has 0 fully saturated rings. The normalized spacial score (nSPS) is 9.81. The van der Waals surface area contributed by atoms with Crippen LogP contribution in [0.25, 0.3) is 11.3 Å². The van der Waals surface area contributed by atoms with E-state index in [9.17, 15) is 4.39 Å². The number of halogens is 2. The van der Waals surface area contributed by atoms with E-state index in [0.29, 0.717) is 11.3 Å². The van der Waals surface area contributed by atoms with Crippen molar-refractivity contribution in [2.24, 2.45) is 0 Å². The second kappa shape index (κ2) is 4.30. The molecule has 0 saturated carbocycles. The molecule has 0 N–H and O–H groups in total. The molecule has 0 aliphatic carbocycles. The van der Waals surface area contributed by atoms with Gasteiger partial charge in [-0.25, -0.2) is 9.37 Å². The van der Waals surface area contributed by atoms with Crippen LogP contribution in [0.15, 0.2) is 36.4 Å². The Morgan fingerprint density at radius 2 is 1.81 bits per heavy atom. The lowest BCUT2D eigenvalue weighted by molar-refractivity contribution is 0.628. The van der Waals surface area contributed by atoms with E-state index in [1.807, 2.05) is 6.07 Å². The fourth-order valence-electron chi connectivity index (χ4n) is 1.30. The standard InChI is InChI=1S/C12H6ClFN2/c13-12-9(7-15)3-6-11(16-12)8-1-4-10(14)5-2-8/h1-6H. The zero-order valence-electron chi connectivity index (χ0n) is 8.11. The lowest BCUT2D eigenvalue weighted by atomic mass is 10.1. The van der Waals surface area contributed by atoms with Crippen molar-refractivity contribution in [3.8, 4) is 17.3 Å². The minimum absolute atomic E-state index is 0.157. The van der Waals surface area contributed by atoms with Gasteiger partial charge in [0.25, 0.3) is 0 Å². The number of nitrogens with zero attached hydrogens (tertiary/aromatic N) is 2. The van der Waals surface area contributed by atoms with Crippen molar-refractivity contribution < 1.29 is 4.39 Å². The van der Waals surface area contributed by atoms with Crippen LogP contribution in [0.5, 0.6) is 0 Å². The first-order valence-electron chi connectivity index (χ1n) is 4.53. The summed E-state index contributed by atoms with van der Waals surface area (Å²) in [6.45, 7) is 0. The molecule has 0 saturated heterocycles. The molecule has 1 aromatic carbocycles. The van der Waals surface area contributed by atoms with E-state index in [0.717, 1.165) is 5.56 Å². The molecular weight excluding hydrogens is 227 g/mol. The Balaban J connectivity index is 2.46. The molecule has 78 valence electrons. The summed E-state index contributed by atoms with van der Waals surface area (Å²) in [5.74, 6) is -0.302. The van der Waals surface area contributed by atoms with E-state index in [2.05, 4.69) is 4.98 Å². The molecule has 0 atom stereocenters. The molecule has 0 amide bonds. The average molecular weight is 233 g/mol. The largest absolute Gasteiger partial charge is 0.235 e. The van der Waals surface area contributed by atoms with Crippen molar-refractivity contribution in [3.05, 3.63) is 52.9 Å². The zero-order chi connectivity index (χ0) is 11.5. The first-order chi connectivity index (χ1) is 7.70. The molecule has 2 rings (SSSR count). The summed E-state index contributed by atoms with van der Waals surface area (Å²) >= 11 is 5.80. The topological polar surface area (TPSA) is 36.7 Å². The van der Waals surface area contributed by atoms with Gasteiger partial charge in [-0.05, 0) is 36.4 Å². The smallest absolute Gasteiger partial charge is 0.147 e. The van der Waals surface area contributed by atoms with Gasteiger partial charge in [-0.15, -0.1) is 0 Å². The van der Waals surface area contributed by atoms with Crippen LogP contribution in [0.1, 0.15) is 5.56 Å². The highest BCUT2D eigenvalue weighted by Crippen LogP contribution is 2.21. The first-order valence-corrected chi connectivity index (χ1v) is 4.91. The SMILES string of the molecule is N#Cc1ccc(-c2ccc(F)cc2)nc1Cl. The second-order valence-electron chi connectivity index (χ2n) is 3.15.